The molecule has 0 fully saturated rings. The molecule has 2 rings (SSSR count). The number of ether oxygens (including phenoxy) is 1. The van der Waals surface area contributed by atoms with Gasteiger partial charge in [0.1, 0.15) is 5.75 Å². The molecule has 0 heterocycles. The minimum atomic E-state index is -0.696. The molecule has 0 unspecified atom stereocenters. The normalized spacial score (nSPS) is 10.0. The van der Waals surface area contributed by atoms with Crippen molar-refractivity contribution in [1.29, 1.82) is 0 Å². The highest BCUT2D eigenvalue weighted by Crippen LogP contribution is 2.18. The van der Waals surface area contributed by atoms with Crippen LogP contribution in [0.4, 0.5) is 5.69 Å². The summed E-state index contributed by atoms with van der Waals surface area (Å²) in [7, 11) is 0. The first kappa shape index (κ1) is 15.4. The van der Waals surface area contributed by atoms with Gasteiger partial charge in [0.05, 0.1) is 10.5 Å². The van der Waals surface area contributed by atoms with Gasteiger partial charge in [0.2, 0.25) is 0 Å². The third-order valence-electron chi connectivity index (χ3n) is 3.00. The first-order valence-electron chi connectivity index (χ1n) is 6.61. The average molecular weight is 299 g/mol. The summed E-state index contributed by atoms with van der Waals surface area (Å²) < 4.78 is 5.13. The molecule has 6 nitrogen and oxygen atoms in total. The number of carbonyl (C=O) groups is 2. The van der Waals surface area contributed by atoms with Gasteiger partial charge in [0, 0.05) is 24.1 Å². The zero-order valence-electron chi connectivity index (χ0n) is 11.8. The third kappa shape index (κ3) is 3.54. The summed E-state index contributed by atoms with van der Waals surface area (Å²) in [5.74, 6) is -0.431. The van der Waals surface area contributed by atoms with Crippen LogP contribution in [0.5, 0.6) is 5.75 Å². The summed E-state index contributed by atoms with van der Waals surface area (Å²) in [6, 6.07) is 11.5. The zero-order chi connectivity index (χ0) is 16.1. The number of rotatable bonds is 5. The fraction of sp³-hybridized carbons (Fsp3) is 0.125. The van der Waals surface area contributed by atoms with Crippen molar-refractivity contribution in [2.45, 2.75) is 13.3 Å². The second-order valence-electron chi connectivity index (χ2n) is 4.50. The van der Waals surface area contributed by atoms with Crippen LogP contribution in [0.15, 0.2) is 48.5 Å². The quantitative estimate of drug-likeness (QED) is 0.277. The fourth-order valence-electron chi connectivity index (χ4n) is 1.83. The molecule has 22 heavy (non-hydrogen) atoms. The van der Waals surface area contributed by atoms with Gasteiger partial charge in [-0.25, -0.2) is 4.79 Å². The van der Waals surface area contributed by atoms with Crippen molar-refractivity contribution < 1.29 is 19.2 Å². The first-order chi connectivity index (χ1) is 10.5. The van der Waals surface area contributed by atoms with Gasteiger partial charge in [-0.2, -0.15) is 0 Å². The van der Waals surface area contributed by atoms with Crippen LogP contribution in [0.1, 0.15) is 34.1 Å². The Balaban J connectivity index is 2.13. The van der Waals surface area contributed by atoms with Crippen LogP contribution in [0.2, 0.25) is 0 Å². The lowest BCUT2D eigenvalue weighted by Gasteiger charge is -2.05. The third-order valence-corrected chi connectivity index (χ3v) is 3.00. The summed E-state index contributed by atoms with van der Waals surface area (Å²) in [6.45, 7) is 1.76. The van der Waals surface area contributed by atoms with Crippen LogP contribution in [0.25, 0.3) is 0 Å². The summed E-state index contributed by atoms with van der Waals surface area (Å²) in [5.41, 5.74) is 0.443. The van der Waals surface area contributed by atoms with Crippen LogP contribution in [0, 0.1) is 10.1 Å². The van der Waals surface area contributed by atoms with Crippen molar-refractivity contribution in [3.8, 4) is 5.75 Å². The maximum atomic E-state index is 12.0. The van der Waals surface area contributed by atoms with E-state index in [0.717, 1.165) is 6.07 Å². The lowest BCUT2D eigenvalue weighted by molar-refractivity contribution is -0.384. The Morgan fingerprint density at radius 2 is 1.77 bits per heavy atom. The minimum Gasteiger partial charge on any atom is -0.423 e. The number of nitro groups is 1. The molecular weight excluding hydrogens is 286 g/mol. The predicted molar refractivity (Wildman–Crippen MR) is 79.1 cm³/mol. The van der Waals surface area contributed by atoms with Crippen molar-refractivity contribution in [2.75, 3.05) is 0 Å². The zero-order valence-corrected chi connectivity index (χ0v) is 11.8. The van der Waals surface area contributed by atoms with Crippen LogP contribution in [-0.2, 0) is 0 Å². The molecule has 0 radical (unpaired) electrons. The molecule has 0 spiro atoms. The Morgan fingerprint density at radius 3 is 2.36 bits per heavy atom. The van der Waals surface area contributed by atoms with E-state index >= 15 is 0 Å². The van der Waals surface area contributed by atoms with Gasteiger partial charge < -0.3 is 4.74 Å². The highest BCUT2D eigenvalue weighted by Gasteiger charge is 2.13. The smallest absolute Gasteiger partial charge is 0.343 e. The lowest BCUT2D eigenvalue weighted by Crippen LogP contribution is -2.09. The SMILES string of the molecule is CCC(=O)c1ccc(OC(=O)c2cccc([N+](=O)[O-])c2)cc1. The van der Waals surface area contributed by atoms with Crippen molar-refractivity contribution in [1.82, 2.24) is 0 Å². The molecule has 0 aliphatic heterocycles. The molecule has 0 bridgehead atoms. The Kier molecular flexibility index (Phi) is 4.63. The van der Waals surface area contributed by atoms with Gasteiger partial charge in [0.25, 0.3) is 5.69 Å². The largest absolute Gasteiger partial charge is 0.423 e. The van der Waals surface area contributed by atoms with Gasteiger partial charge >= 0.3 is 5.97 Å². The van der Waals surface area contributed by atoms with Crippen LogP contribution in [0.3, 0.4) is 0 Å². The van der Waals surface area contributed by atoms with Crippen LogP contribution < -0.4 is 4.74 Å². The van der Waals surface area contributed by atoms with E-state index in [9.17, 15) is 19.7 Å². The number of carbonyl (C=O) groups excluding carboxylic acids is 2. The topological polar surface area (TPSA) is 86.5 Å². The summed E-state index contributed by atoms with van der Waals surface area (Å²) in [4.78, 5) is 33.6. The molecule has 112 valence electrons. The van der Waals surface area contributed by atoms with Gasteiger partial charge in [-0.1, -0.05) is 13.0 Å². The van der Waals surface area contributed by atoms with Crippen LogP contribution in [-0.4, -0.2) is 16.7 Å². The first-order valence-corrected chi connectivity index (χ1v) is 6.61. The molecule has 0 saturated heterocycles. The van der Waals surface area contributed by atoms with Gasteiger partial charge in [-0.15, -0.1) is 0 Å². The predicted octanol–water partition coefficient (Wildman–Crippen LogP) is 3.41. The van der Waals surface area contributed by atoms with E-state index in [4.69, 9.17) is 4.74 Å². The van der Waals surface area contributed by atoms with Gasteiger partial charge in [-0.05, 0) is 30.3 Å². The van der Waals surface area contributed by atoms with E-state index in [1.165, 1.54) is 30.3 Å². The monoisotopic (exact) mass is 299 g/mol. The van der Waals surface area contributed by atoms with Crippen molar-refractivity contribution in [2.24, 2.45) is 0 Å². The molecule has 2 aromatic rings. The van der Waals surface area contributed by atoms with Gasteiger partial charge in [0.15, 0.2) is 5.78 Å². The molecule has 0 aliphatic carbocycles. The molecule has 0 aliphatic rings. The van der Waals surface area contributed by atoms with Crippen molar-refractivity contribution >= 4 is 17.4 Å². The average Bonchev–Trinajstić information content (AvgIpc) is 2.54. The van der Waals surface area contributed by atoms with Crippen molar-refractivity contribution in [3.05, 3.63) is 69.8 Å². The fourth-order valence-corrected chi connectivity index (χ4v) is 1.83. The van der Waals surface area contributed by atoms with E-state index < -0.39 is 10.9 Å². The molecule has 0 N–H and O–H groups in total. The number of non-ortho nitro benzene ring substituents is 1. The maximum Gasteiger partial charge on any atom is 0.343 e. The Bertz CT molecular complexity index is 722. The Labute approximate surface area is 126 Å². The molecule has 0 saturated carbocycles. The standard InChI is InChI=1S/C16H13NO5/c1-2-15(18)11-6-8-14(9-7-11)22-16(19)12-4-3-5-13(10-12)17(20)21/h3-10H,2H2,1H3. The summed E-state index contributed by atoms with van der Waals surface area (Å²) in [6.07, 6.45) is 0.396. The molecule has 2 aromatic carbocycles. The number of benzene rings is 2. The van der Waals surface area contributed by atoms with E-state index in [0.29, 0.717) is 12.0 Å². The number of nitro benzene ring substituents is 1. The molecular formula is C16H13NO5. The summed E-state index contributed by atoms with van der Waals surface area (Å²) >= 11 is 0. The highest BCUT2D eigenvalue weighted by atomic mass is 16.6. The number of hydrogen-bond donors (Lipinski definition) is 0. The molecule has 6 heteroatoms. The minimum absolute atomic E-state index is 0.00318. The molecule has 0 atom stereocenters. The van der Waals surface area contributed by atoms with E-state index in [1.54, 1.807) is 19.1 Å². The second kappa shape index (κ2) is 6.62. The highest BCUT2D eigenvalue weighted by molar-refractivity contribution is 5.96. The Hall–Kier alpha value is -3.02. The summed E-state index contributed by atoms with van der Waals surface area (Å²) in [5, 5.41) is 10.7. The van der Waals surface area contributed by atoms with E-state index in [-0.39, 0.29) is 22.8 Å². The van der Waals surface area contributed by atoms with Crippen molar-refractivity contribution in [3.63, 3.8) is 0 Å². The number of hydrogen-bond acceptors (Lipinski definition) is 5. The van der Waals surface area contributed by atoms with Crippen LogP contribution >= 0.6 is 0 Å². The number of ketones is 1. The second-order valence-corrected chi connectivity index (χ2v) is 4.50. The maximum absolute atomic E-state index is 12.0. The number of Topliss-reactive ketones (excluding diaryl/α,β-unsaturated/α-hetero) is 1. The molecule has 0 aromatic heterocycles. The van der Waals surface area contributed by atoms with E-state index in [2.05, 4.69) is 0 Å². The molecule has 0 amide bonds. The number of esters is 1. The van der Waals surface area contributed by atoms with E-state index in [1.807, 2.05) is 0 Å². The lowest BCUT2D eigenvalue weighted by atomic mass is 10.1. The van der Waals surface area contributed by atoms with Gasteiger partial charge in [-0.3, -0.25) is 14.9 Å². The number of nitrogens with zero attached hydrogens (tertiary/aromatic N) is 1. The Morgan fingerprint density at radius 1 is 1.09 bits per heavy atom.